The number of hydrogen-bond acceptors (Lipinski definition) is 3. The van der Waals surface area contributed by atoms with Gasteiger partial charge in [-0.15, -0.1) is 0 Å². The topological polar surface area (TPSA) is 44.5 Å². The Morgan fingerprint density at radius 2 is 1.75 bits per heavy atom. The van der Waals surface area contributed by atoms with Crippen LogP contribution >= 0.6 is 28.1 Å². The van der Waals surface area contributed by atoms with Crippen molar-refractivity contribution in [1.82, 2.24) is 0 Å². The van der Waals surface area contributed by atoms with Crippen LogP contribution in [-0.4, -0.2) is 18.2 Å². The van der Waals surface area contributed by atoms with Crippen molar-refractivity contribution >= 4 is 33.1 Å². The number of rotatable bonds is 6. The van der Waals surface area contributed by atoms with Crippen LogP contribution in [0.5, 0.6) is 11.5 Å². The Labute approximate surface area is 131 Å². The van der Waals surface area contributed by atoms with Gasteiger partial charge in [-0.25, -0.2) is 0 Å². The highest BCUT2D eigenvalue weighted by Crippen LogP contribution is 2.23. The van der Waals surface area contributed by atoms with Gasteiger partial charge >= 0.3 is 0 Å². The van der Waals surface area contributed by atoms with E-state index in [0.29, 0.717) is 24.0 Å². The fourth-order valence-electron chi connectivity index (χ4n) is 1.65. The quantitative estimate of drug-likeness (QED) is 0.638. The summed E-state index contributed by atoms with van der Waals surface area (Å²) < 4.78 is 12.1. The highest BCUT2D eigenvalue weighted by molar-refractivity contribution is 9.10. The summed E-state index contributed by atoms with van der Waals surface area (Å²) in [4.78, 5) is 0.316. The van der Waals surface area contributed by atoms with Gasteiger partial charge in [0.15, 0.2) is 0 Å². The SMILES string of the molecule is NC(=S)c1ccc(Br)cc1OCCOc1ccccc1. The Kier molecular flexibility index (Phi) is 5.38. The average molecular weight is 352 g/mol. The first-order valence-electron chi connectivity index (χ1n) is 6.07. The molecule has 0 aromatic heterocycles. The minimum Gasteiger partial charge on any atom is -0.490 e. The predicted molar refractivity (Wildman–Crippen MR) is 87.5 cm³/mol. The van der Waals surface area contributed by atoms with Crippen molar-refractivity contribution < 1.29 is 9.47 Å². The average Bonchev–Trinajstić information content (AvgIpc) is 2.44. The summed E-state index contributed by atoms with van der Waals surface area (Å²) in [5.74, 6) is 1.48. The highest BCUT2D eigenvalue weighted by Gasteiger charge is 2.07. The molecule has 2 rings (SSSR count). The Morgan fingerprint density at radius 3 is 2.45 bits per heavy atom. The van der Waals surface area contributed by atoms with E-state index in [9.17, 15) is 0 Å². The summed E-state index contributed by atoms with van der Waals surface area (Å²) in [6.07, 6.45) is 0. The van der Waals surface area contributed by atoms with Crippen molar-refractivity contribution in [1.29, 1.82) is 0 Å². The van der Waals surface area contributed by atoms with Crippen LogP contribution in [-0.2, 0) is 0 Å². The van der Waals surface area contributed by atoms with Crippen molar-refractivity contribution in [2.75, 3.05) is 13.2 Å². The van der Waals surface area contributed by atoms with Gasteiger partial charge in [0.1, 0.15) is 29.7 Å². The molecule has 0 unspecified atom stereocenters. The van der Waals surface area contributed by atoms with E-state index in [1.54, 1.807) is 0 Å². The summed E-state index contributed by atoms with van der Waals surface area (Å²) in [5.41, 5.74) is 6.39. The van der Waals surface area contributed by atoms with Crippen LogP contribution in [0.1, 0.15) is 5.56 Å². The molecule has 104 valence electrons. The van der Waals surface area contributed by atoms with Crippen LogP contribution in [0.3, 0.4) is 0 Å². The Hall–Kier alpha value is -1.59. The zero-order valence-corrected chi connectivity index (χ0v) is 13.1. The number of thiocarbonyl (C=S) groups is 1. The molecule has 0 amide bonds. The minimum atomic E-state index is 0.316. The van der Waals surface area contributed by atoms with Crippen LogP contribution < -0.4 is 15.2 Å². The third kappa shape index (κ3) is 4.21. The standard InChI is InChI=1S/C15H14BrNO2S/c16-11-6-7-13(15(17)20)14(10-11)19-9-8-18-12-4-2-1-3-5-12/h1-7,10H,8-9H2,(H2,17,20). The van der Waals surface area contributed by atoms with Crippen molar-refractivity contribution in [2.45, 2.75) is 0 Å². The zero-order chi connectivity index (χ0) is 14.4. The molecule has 20 heavy (non-hydrogen) atoms. The van der Waals surface area contributed by atoms with Crippen molar-refractivity contribution in [3.63, 3.8) is 0 Å². The van der Waals surface area contributed by atoms with Gasteiger partial charge in [-0.1, -0.05) is 46.3 Å². The summed E-state index contributed by atoms with van der Waals surface area (Å²) in [6.45, 7) is 0.869. The molecule has 2 aromatic rings. The van der Waals surface area contributed by atoms with Gasteiger partial charge in [-0.3, -0.25) is 0 Å². The molecule has 2 N–H and O–H groups in total. The van der Waals surface area contributed by atoms with Crippen molar-refractivity contribution in [3.05, 3.63) is 58.6 Å². The second-order valence-corrected chi connectivity index (χ2v) is 5.37. The van der Waals surface area contributed by atoms with E-state index in [0.717, 1.165) is 15.8 Å². The second kappa shape index (κ2) is 7.26. The van der Waals surface area contributed by atoms with Gasteiger partial charge in [-0.2, -0.15) is 0 Å². The number of benzene rings is 2. The lowest BCUT2D eigenvalue weighted by atomic mass is 10.2. The summed E-state index contributed by atoms with van der Waals surface area (Å²) >= 11 is 8.40. The van der Waals surface area contributed by atoms with E-state index in [1.807, 2.05) is 48.5 Å². The maximum atomic E-state index is 5.68. The summed E-state index contributed by atoms with van der Waals surface area (Å²) in [6, 6.07) is 15.2. The first-order chi connectivity index (χ1) is 9.66. The van der Waals surface area contributed by atoms with Gasteiger partial charge in [-0.05, 0) is 30.3 Å². The van der Waals surface area contributed by atoms with E-state index in [-0.39, 0.29) is 0 Å². The predicted octanol–water partition coefficient (Wildman–Crippen LogP) is 3.54. The largest absolute Gasteiger partial charge is 0.490 e. The van der Waals surface area contributed by atoms with Gasteiger partial charge in [0.25, 0.3) is 0 Å². The fraction of sp³-hybridized carbons (Fsp3) is 0.133. The number of ether oxygens (including phenoxy) is 2. The number of nitrogens with two attached hydrogens (primary N) is 1. The third-order valence-electron chi connectivity index (χ3n) is 2.56. The molecule has 0 aliphatic heterocycles. The van der Waals surface area contributed by atoms with Crippen LogP contribution in [0.2, 0.25) is 0 Å². The van der Waals surface area contributed by atoms with Crippen LogP contribution in [0.15, 0.2) is 53.0 Å². The first-order valence-corrected chi connectivity index (χ1v) is 7.27. The molecule has 0 atom stereocenters. The molecule has 0 fully saturated rings. The molecule has 0 aliphatic rings. The molecule has 2 aromatic carbocycles. The molecular weight excluding hydrogens is 338 g/mol. The van der Waals surface area contributed by atoms with Crippen LogP contribution in [0, 0.1) is 0 Å². The van der Waals surface area contributed by atoms with E-state index in [2.05, 4.69) is 15.9 Å². The molecule has 0 saturated heterocycles. The van der Waals surface area contributed by atoms with E-state index >= 15 is 0 Å². The lowest BCUT2D eigenvalue weighted by Gasteiger charge is -2.12. The smallest absolute Gasteiger partial charge is 0.130 e. The molecule has 0 heterocycles. The van der Waals surface area contributed by atoms with Gasteiger partial charge < -0.3 is 15.2 Å². The number of halogens is 1. The van der Waals surface area contributed by atoms with Crippen molar-refractivity contribution in [2.24, 2.45) is 5.73 Å². The maximum Gasteiger partial charge on any atom is 0.130 e. The zero-order valence-electron chi connectivity index (χ0n) is 10.7. The Morgan fingerprint density at radius 1 is 1.05 bits per heavy atom. The number of para-hydroxylation sites is 1. The van der Waals surface area contributed by atoms with Crippen molar-refractivity contribution in [3.8, 4) is 11.5 Å². The molecule has 0 saturated carbocycles. The molecule has 3 nitrogen and oxygen atoms in total. The Balaban J connectivity index is 1.91. The minimum absolute atomic E-state index is 0.316. The molecule has 5 heteroatoms. The number of hydrogen-bond donors (Lipinski definition) is 1. The normalized spacial score (nSPS) is 10.1. The lowest BCUT2D eigenvalue weighted by molar-refractivity contribution is 0.217. The van der Waals surface area contributed by atoms with Crippen LogP contribution in [0.4, 0.5) is 0 Å². The van der Waals surface area contributed by atoms with E-state index in [4.69, 9.17) is 27.4 Å². The molecule has 0 aliphatic carbocycles. The molecular formula is C15H14BrNO2S. The summed E-state index contributed by atoms with van der Waals surface area (Å²) in [5, 5.41) is 0. The van der Waals surface area contributed by atoms with Gasteiger partial charge in [0.05, 0.1) is 5.56 Å². The highest BCUT2D eigenvalue weighted by atomic mass is 79.9. The Bertz CT molecular complexity index is 590. The molecule has 0 radical (unpaired) electrons. The summed E-state index contributed by atoms with van der Waals surface area (Å²) in [7, 11) is 0. The molecule has 0 spiro atoms. The van der Waals surface area contributed by atoms with Gasteiger partial charge in [0.2, 0.25) is 0 Å². The van der Waals surface area contributed by atoms with Gasteiger partial charge in [0, 0.05) is 4.47 Å². The first kappa shape index (κ1) is 14.8. The molecule has 0 bridgehead atoms. The lowest BCUT2D eigenvalue weighted by Crippen LogP contribution is -2.14. The fourth-order valence-corrected chi connectivity index (χ4v) is 2.16. The maximum absolute atomic E-state index is 5.68. The monoisotopic (exact) mass is 351 g/mol. The second-order valence-electron chi connectivity index (χ2n) is 4.01. The third-order valence-corrected chi connectivity index (χ3v) is 3.28. The van der Waals surface area contributed by atoms with Crippen LogP contribution in [0.25, 0.3) is 0 Å². The van der Waals surface area contributed by atoms with E-state index < -0.39 is 0 Å². The van der Waals surface area contributed by atoms with E-state index in [1.165, 1.54) is 0 Å².